The van der Waals surface area contributed by atoms with Crippen LogP contribution in [0.4, 0.5) is 11.4 Å². The molecular formula is C32H35N3O2S. The highest BCUT2D eigenvalue weighted by molar-refractivity contribution is 8.15. The zero-order valence-corrected chi connectivity index (χ0v) is 23.0. The highest BCUT2D eigenvalue weighted by Crippen LogP contribution is 2.34. The van der Waals surface area contributed by atoms with Gasteiger partial charge in [-0.15, -0.1) is 0 Å². The van der Waals surface area contributed by atoms with Gasteiger partial charge in [-0.3, -0.25) is 14.5 Å². The number of hydrogen-bond acceptors (Lipinski definition) is 4. The van der Waals surface area contributed by atoms with E-state index in [4.69, 9.17) is 4.99 Å². The Kier molecular flexibility index (Phi) is 8.28. The Morgan fingerprint density at radius 2 is 1.84 bits per heavy atom. The Hall–Kier alpha value is -3.38. The van der Waals surface area contributed by atoms with Gasteiger partial charge in [0.15, 0.2) is 5.17 Å². The number of allylic oxidation sites excluding steroid dienone is 1. The molecule has 3 aromatic carbocycles. The van der Waals surface area contributed by atoms with Crippen LogP contribution in [0, 0.1) is 0 Å². The molecule has 38 heavy (non-hydrogen) atoms. The summed E-state index contributed by atoms with van der Waals surface area (Å²) in [5.41, 5.74) is 4.27. The van der Waals surface area contributed by atoms with E-state index in [-0.39, 0.29) is 18.2 Å². The highest BCUT2D eigenvalue weighted by atomic mass is 32.2. The summed E-state index contributed by atoms with van der Waals surface area (Å²) in [5, 5.41) is 5.30. The molecule has 3 aromatic rings. The fourth-order valence-electron chi connectivity index (χ4n) is 5.07. The summed E-state index contributed by atoms with van der Waals surface area (Å²) in [4.78, 5) is 33.3. The summed E-state index contributed by atoms with van der Waals surface area (Å²) < 4.78 is 0. The molecule has 5 rings (SSSR count). The van der Waals surface area contributed by atoms with Gasteiger partial charge in [-0.25, -0.2) is 4.99 Å². The highest BCUT2D eigenvalue weighted by Gasteiger charge is 2.39. The fraction of sp³-hybridized carbons (Fsp3) is 0.344. The molecule has 0 saturated carbocycles. The first-order chi connectivity index (χ1) is 18.5. The van der Waals surface area contributed by atoms with Gasteiger partial charge in [-0.05, 0) is 67.2 Å². The van der Waals surface area contributed by atoms with E-state index in [9.17, 15) is 9.59 Å². The molecule has 0 unspecified atom stereocenters. The number of hydrogen-bond donors (Lipinski definition) is 1. The smallest absolute Gasteiger partial charge is 0.242 e. The van der Waals surface area contributed by atoms with Crippen LogP contribution in [0.5, 0.6) is 0 Å². The third kappa shape index (κ3) is 6.18. The van der Waals surface area contributed by atoms with Crippen LogP contribution in [0.3, 0.4) is 0 Å². The molecule has 2 aliphatic rings. The zero-order valence-electron chi connectivity index (χ0n) is 22.2. The zero-order chi connectivity index (χ0) is 26.5. The minimum Gasteiger partial charge on any atom is -0.325 e. The molecule has 1 saturated heterocycles. The Balaban J connectivity index is 1.33. The first-order valence-corrected chi connectivity index (χ1v) is 14.5. The fourth-order valence-corrected chi connectivity index (χ4v) is 6.25. The van der Waals surface area contributed by atoms with Crippen LogP contribution in [0.15, 0.2) is 83.4 Å². The van der Waals surface area contributed by atoms with Crippen molar-refractivity contribution >= 4 is 50.9 Å². The lowest BCUT2D eigenvalue weighted by molar-refractivity contribution is -0.128. The topological polar surface area (TPSA) is 61.8 Å². The minimum absolute atomic E-state index is 0.0305. The normalized spacial score (nSPS) is 18.9. The monoisotopic (exact) mass is 525 g/mol. The predicted octanol–water partition coefficient (Wildman–Crippen LogP) is 7.81. The van der Waals surface area contributed by atoms with E-state index in [1.165, 1.54) is 35.7 Å². The number of amidine groups is 1. The Morgan fingerprint density at radius 3 is 2.61 bits per heavy atom. The number of rotatable bonds is 8. The number of aliphatic imine (C=N–C) groups is 1. The van der Waals surface area contributed by atoms with Gasteiger partial charge >= 0.3 is 0 Å². The molecule has 1 heterocycles. The average molecular weight is 526 g/mol. The van der Waals surface area contributed by atoms with E-state index in [0.717, 1.165) is 41.4 Å². The summed E-state index contributed by atoms with van der Waals surface area (Å²) in [6.07, 6.45) is 7.98. The van der Waals surface area contributed by atoms with Crippen LogP contribution in [0.2, 0.25) is 0 Å². The SMILES string of the molecule is CC(C)c1ccc(N=C2S[C@H](CC(=O)Nc3cccc4ccccc34)C(=O)N2CCC2=CCCCC2)cc1. The summed E-state index contributed by atoms with van der Waals surface area (Å²) >= 11 is 1.41. The van der Waals surface area contributed by atoms with Gasteiger partial charge in [0.25, 0.3) is 0 Å². The number of carbonyl (C=O) groups excluding carboxylic acids is 2. The summed E-state index contributed by atoms with van der Waals surface area (Å²) in [6.45, 7) is 4.94. The molecule has 196 valence electrons. The standard InChI is InChI=1S/C32H35N3O2S/c1-22(2)24-15-17-26(18-16-24)33-32-35(20-19-23-9-4-3-5-10-23)31(37)29(38-32)21-30(36)34-28-14-8-12-25-11-6-7-13-27(25)28/h6-9,11-18,22,29H,3-5,10,19-21H2,1-2H3,(H,34,36)/t29-/m1/s1. The van der Waals surface area contributed by atoms with Crippen molar-refractivity contribution < 1.29 is 9.59 Å². The minimum atomic E-state index is -0.487. The molecular weight excluding hydrogens is 490 g/mol. The number of nitrogens with zero attached hydrogens (tertiary/aromatic N) is 2. The van der Waals surface area contributed by atoms with Crippen molar-refractivity contribution in [3.8, 4) is 0 Å². The van der Waals surface area contributed by atoms with E-state index < -0.39 is 5.25 Å². The third-order valence-corrected chi connectivity index (χ3v) is 8.46. The summed E-state index contributed by atoms with van der Waals surface area (Å²) in [7, 11) is 0. The van der Waals surface area contributed by atoms with Crippen molar-refractivity contribution in [1.82, 2.24) is 4.90 Å². The van der Waals surface area contributed by atoms with Gasteiger partial charge in [-0.1, -0.05) is 85.8 Å². The van der Waals surface area contributed by atoms with E-state index >= 15 is 0 Å². The van der Waals surface area contributed by atoms with Gasteiger partial charge in [-0.2, -0.15) is 0 Å². The van der Waals surface area contributed by atoms with Crippen molar-refractivity contribution in [2.75, 3.05) is 11.9 Å². The van der Waals surface area contributed by atoms with Crippen molar-refractivity contribution in [1.29, 1.82) is 0 Å². The molecule has 1 aliphatic heterocycles. The number of benzene rings is 3. The van der Waals surface area contributed by atoms with E-state index in [2.05, 4.69) is 37.4 Å². The van der Waals surface area contributed by atoms with Crippen LogP contribution in [-0.4, -0.2) is 33.7 Å². The summed E-state index contributed by atoms with van der Waals surface area (Å²) in [5.74, 6) is 0.255. The molecule has 2 amide bonds. The lowest BCUT2D eigenvalue weighted by atomic mass is 9.97. The first kappa shape index (κ1) is 26.2. The van der Waals surface area contributed by atoms with E-state index in [1.807, 2.05) is 54.6 Å². The van der Waals surface area contributed by atoms with Gasteiger partial charge in [0.1, 0.15) is 5.25 Å². The molecule has 1 fully saturated rings. The molecule has 5 nitrogen and oxygen atoms in total. The Morgan fingerprint density at radius 1 is 1.05 bits per heavy atom. The molecule has 1 N–H and O–H groups in total. The number of anilines is 1. The van der Waals surface area contributed by atoms with E-state index in [0.29, 0.717) is 17.6 Å². The predicted molar refractivity (Wildman–Crippen MR) is 159 cm³/mol. The molecule has 0 radical (unpaired) electrons. The third-order valence-electron chi connectivity index (χ3n) is 7.28. The number of carbonyl (C=O) groups is 2. The molecule has 1 aliphatic carbocycles. The Bertz CT molecular complexity index is 1370. The Labute approximate surface area is 229 Å². The number of thioether (sulfide) groups is 1. The molecule has 0 bridgehead atoms. The second kappa shape index (κ2) is 12.0. The van der Waals surface area contributed by atoms with Gasteiger partial charge < -0.3 is 5.32 Å². The second-order valence-corrected chi connectivity index (χ2v) is 11.5. The number of amides is 2. The number of fused-ring (bicyclic) bond motifs is 1. The van der Waals surface area contributed by atoms with Crippen molar-refractivity contribution in [3.05, 3.63) is 83.9 Å². The van der Waals surface area contributed by atoms with Crippen molar-refractivity contribution in [2.45, 2.75) is 63.5 Å². The summed E-state index contributed by atoms with van der Waals surface area (Å²) in [6, 6.07) is 22.0. The molecule has 0 aromatic heterocycles. The van der Waals surface area contributed by atoms with E-state index in [1.54, 1.807) is 4.90 Å². The second-order valence-electron chi connectivity index (χ2n) is 10.4. The van der Waals surface area contributed by atoms with Gasteiger partial charge in [0.05, 0.1) is 5.69 Å². The van der Waals surface area contributed by atoms with Crippen LogP contribution in [0.1, 0.15) is 63.9 Å². The van der Waals surface area contributed by atoms with Crippen LogP contribution in [-0.2, 0) is 9.59 Å². The first-order valence-electron chi connectivity index (χ1n) is 13.6. The quantitative estimate of drug-likeness (QED) is 0.305. The van der Waals surface area contributed by atoms with Crippen LogP contribution in [0.25, 0.3) is 10.8 Å². The molecule has 0 spiro atoms. The molecule has 1 atom stereocenters. The molecule has 6 heteroatoms. The maximum absolute atomic E-state index is 13.5. The lowest BCUT2D eigenvalue weighted by Crippen LogP contribution is -2.34. The number of nitrogens with one attached hydrogen (secondary N) is 1. The van der Waals surface area contributed by atoms with Gasteiger partial charge in [0.2, 0.25) is 11.8 Å². The van der Waals surface area contributed by atoms with Gasteiger partial charge in [0, 0.05) is 24.0 Å². The van der Waals surface area contributed by atoms with Crippen molar-refractivity contribution in [3.63, 3.8) is 0 Å². The largest absolute Gasteiger partial charge is 0.325 e. The maximum atomic E-state index is 13.5. The van der Waals surface area contributed by atoms with Crippen molar-refractivity contribution in [2.24, 2.45) is 4.99 Å². The lowest BCUT2D eigenvalue weighted by Gasteiger charge is -2.19. The van der Waals surface area contributed by atoms with Crippen LogP contribution >= 0.6 is 11.8 Å². The maximum Gasteiger partial charge on any atom is 0.242 e. The average Bonchev–Trinajstić information content (AvgIpc) is 3.21. The van der Waals surface area contributed by atoms with Crippen LogP contribution < -0.4 is 5.32 Å².